The van der Waals surface area contributed by atoms with Gasteiger partial charge < -0.3 is 5.73 Å². The molecule has 2 rings (SSSR count). The first-order chi connectivity index (χ1) is 7.88. The molecule has 0 saturated heterocycles. The lowest BCUT2D eigenvalue weighted by Crippen LogP contribution is -2.43. The Morgan fingerprint density at radius 3 is 2.65 bits per heavy atom. The maximum absolute atomic E-state index is 12.1. The third-order valence-corrected chi connectivity index (χ3v) is 5.45. The number of halogens is 1. The minimum Gasteiger partial charge on any atom is -0.399 e. The lowest BCUT2D eigenvalue weighted by molar-refractivity contribution is 0.270. The van der Waals surface area contributed by atoms with Crippen LogP contribution in [0.4, 0.5) is 5.69 Å². The van der Waals surface area contributed by atoms with E-state index in [1.165, 1.54) is 6.07 Å². The van der Waals surface area contributed by atoms with E-state index in [0.29, 0.717) is 16.1 Å². The summed E-state index contributed by atoms with van der Waals surface area (Å²) >= 11 is 3.23. The molecule has 0 spiro atoms. The molecule has 0 atom stereocenters. The van der Waals surface area contributed by atoms with E-state index in [9.17, 15) is 8.42 Å². The van der Waals surface area contributed by atoms with Gasteiger partial charge in [0, 0.05) is 16.2 Å². The molecule has 0 amide bonds. The summed E-state index contributed by atoms with van der Waals surface area (Å²) in [5, 5.41) is 0. The number of benzene rings is 1. The normalized spacial score (nSPS) is 24.4. The van der Waals surface area contributed by atoms with Gasteiger partial charge in [-0.15, -0.1) is 0 Å². The summed E-state index contributed by atoms with van der Waals surface area (Å²) in [6, 6.07) is 4.83. The van der Waals surface area contributed by atoms with E-state index in [-0.39, 0.29) is 10.9 Å². The number of anilines is 1. The van der Waals surface area contributed by atoms with Gasteiger partial charge in [0.05, 0.1) is 4.90 Å². The second-order valence-corrected chi connectivity index (χ2v) is 7.12. The summed E-state index contributed by atoms with van der Waals surface area (Å²) in [6.07, 6.45) is 1.80. The monoisotopic (exact) mass is 318 g/mol. The van der Waals surface area contributed by atoms with E-state index in [4.69, 9.17) is 5.73 Å². The van der Waals surface area contributed by atoms with E-state index in [1.807, 2.05) is 0 Å². The van der Waals surface area contributed by atoms with Crippen molar-refractivity contribution in [3.63, 3.8) is 0 Å². The number of hydrogen-bond acceptors (Lipinski definition) is 3. The number of sulfonamides is 1. The topological polar surface area (TPSA) is 72.2 Å². The van der Waals surface area contributed by atoms with Gasteiger partial charge in [0.2, 0.25) is 10.0 Å². The van der Waals surface area contributed by atoms with E-state index in [2.05, 4.69) is 27.6 Å². The second-order valence-electron chi connectivity index (χ2n) is 4.58. The summed E-state index contributed by atoms with van der Waals surface area (Å²) in [7, 11) is -3.47. The zero-order chi connectivity index (χ0) is 12.6. The van der Waals surface area contributed by atoms with E-state index >= 15 is 0 Å². The fraction of sp³-hybridized carbons (Fsp3) is 0.455. The Kier molecular flexibility index (Phi) is 3.47. The Bertz CT molecular complexity index is 524. The average Bonchev–Trinajstić information content (AvgIpc) is 2.19. The Hall–Kier alpha value is -0.590. The van der Waals surface area contributed by atoms with Crippen molar-refractivity contribution < 1.29 is 8.42 Å². The van der Waals surface area contributed by atoms with Crippen molar-refractivity contribution in [2.24, 2.45) is 5.92 Å². The zero-order valence-electron chi connectivity index (χ0n) is 9.48. The maximum Gasteiger partial charge on any atom is 0.242 e. The van der Waals surface area contributed by atoms with Gasteiger partial charge in [0.25, 0.3) is 0 Å². The van der Waals surface area contributed by atoms with Gasteiger partial charge >= 0.3 is 0 Å². The van der Waals surface area contributed by atoms with E-state index in [0.717, 1.165) is 12.8 Å². The first-order valence-corrected chi connectivity index (χ1v) is 7.73. The summed E-state index contributed by atoms with van der Waals surface area (Å²) in [5.74, 6) is 0.604. The van der Waals surface area contributed by atoms with Crippen molar-refractivity contribution in [2.45, 2.75) is 30.7 Å². The van der Waals surface area contributed by atoms with Crippen LogP contribution in [0.5, 0.6) is 0 Å². The van der Waals surface area contributed by atoms with Crippen LogP contribution in [-0.2, 0) is 10.0 Å². The van der Waals surface area contributed by atoms with Crippen LogP contribution in [0.25, 0.3) is 0 Å². The van der Waals surface area contributed by atoms with Crippen molar-refractivity contribution in [3.05, 3.63) is 22.7 Å². The lowest BCUT2D eigenvalue weighted by Gasteiger charge is -2.33. The number of nitrogen functional groups attached to an aromatic ring is 1. The number of hydrogen-bond donors (Lipinski definition) is 2. The largest absolute Gasteiger partial charge is 0.399 e. The van der Waals surface area contributed by atoms with Gasteiger partial charge in [-0.1, -0.05) is 6.92 Å². The molecule has 3 N–H and O–H groups in total. The Balaban J connectivity index is 2.22. The van der Waals surface area contributed by atoms with Crippen LogP contribution in [0, 0.1) is 5.92 Å². The van der Waals surface area contributed by atoms with Crippen LogP contribution < -0.4 is 10.5 Å². The van der Waals surface area contributed by atoms with Gasteiger partial charge in [-0.2, -0.15) is 0 Å². The SMILES string of the molecule is CC1CC(NS(=O)(=O)c2cc(N)ccc2Br)C1. The number of nitrogens with two attached hydrogens (primary N) is 1. The molecule has 0 heterocycles. The van der Waals surface area contributed by atoms with Crippen molar-refractivity contribution in [3.8, 4) is 0 Å². The van der Waals surface area contributed by atoms with Crippen molar-refractivity contribution >= 4 is 31.6 Å². The summed E-state index contributed by atoms with van der Waals surface area (Å²) in [6.45, 7) is 2.11. The van der Waals surface area contributed by atoms with Crippen LogP contribution in [0.1, 0.15) is 19.8 Å². The zero-order valence-corrected chi connectivity index (χ0v) is 11.9. The van der Waals surface area contributed by atoms with Crippen molar-refractivity contribution in [1.82, 2.24) is 4.72 Å². The highest BCUT2D eigenvalue weighted by molar-refractivity contribution is 9.10. The minimum atomic E-state index is -3.47. The highest BCUT2D eigenvalue weighted by atomic mass is 79.9. The van der Waals surface area contributed by atoms with Gasteiger partial charge in [-0.3, -0.25) is 0 Å². The lowest BCUT2D eigenvalue weighted by atomic mass is 9.83. The Morgan fingerprint density at radius 2 is 2.06 bits per heavy atom. The second kappa shape index (κ2) is 4.59. The Labute approximate surface area is 110 Å². The van der Waals surface area contributed by atoms with Crippen molar-refractivity contribution in [2.75, 3.05) is 5.73 Å². The molecule has 0 bridgehead atoms. The summed E-state index contributed by atoms with van der Waals surface area (Å²) in [4.78, 5) is 0.206. The van der Waals surface area contributed by atoms with Gasteiger partial charge in [-0.25, -0.2) is 13.1 Å². The maximum atomic E-state index is 12.1. The third-order valence-electron chi connectivity index (χ3n) is 2.94. The van der Waals surface area contributed by atoms with Crippen molar-refractivity contribution in [1.29, 1.82) is 0 Å². The fourth-order valence-corrected chi connectivity index (χ4v) is 4.27. The predicted octanol–water partition coefficient (Wildman–Crippen LogP) is 2.11. The van der Waals surface area contributed by atoms with Crippen LogP contribution >= 0.6 is 15.9 Å². The average molecular weight is 319 g/mol. The molecule has 17 heavy (non-hydrogen) atoms. The van der Waals surface area contributed by atoms with Crippen LogP contribution in [0.2, 0.25) is 0 Å². The molecule has 4 nitrogen and oxygen atoms in total. The van der Waals surface area contributed by atoms with Crippen LogP contribution in [-0.4, -0.2) is 14.5 Å². The molecule has 1 fully saturated rings. The summed E-state index contributed by atoms with van der Waals surface area (Å²) < 4.78 is 27.5. The standard InChI is InChI=1S/C11H15BrN2O2S/c1-7-4-9(5-7)14-17(15,16)11-6-8(13)2-3-10(11)12/h2-3,6-7,9,14H,4-5,13H2,1H3. The molecular weight excluding hydrogens is 304 g/mol. The molecule has 0 aliphatic heterocycles. The molecule has 94 valence electrons. The molecule has 1 aromatic rings. The minimum absolute atomic E-state index is 0.0586. The van der Waals surface area contributed by atoms with Gasteiger partial charge in [-0.05, 0) is 52.9 Å². The summed E-state index contributed by atoms with van der Waals surface area (Å²) in [5.41, 5.74) is 6.05. The molecule has 1 aliphatic carbocycles. The first kappa shape index (κ1) is 12.9. The highest BCUT2D eigenvalue weighted by Crippen LogP contribution is 2.30. The quantitative estimate of drug-likeness (QED) is 0.838. The predicted molar refractivity (Wildman–Crippen MR) is 71.1 cm³/mol. The van der Waals surface area contributed by atoms with Crippen LogP contribution in [0.3, 0.4) is 0 Å². The van der Waals surface area contributed by atoms with Gasteiger partial charge in [0.15, 0.2) is 0 Å². The van der Waals surface area contributed by atoms with E-state index in [1.54, 1.807) is 12.1 Å². The molecule has 1 aliphatic rings. The fourth-order valence-electron chi connectivity index (χ4n) is 2.01. The molecule has 0 unspecified atom stereocenters. The molecule has 6 heteroatoms. The van der Waals surface area contributed by atoms with Crippen LogP contribution in [0.15, 0.2) is 27.6 Å². The third kappa shape index (κ3) is 2.81. The highest BCUT2D eigenvalue weighted by Gasteiger charge is 2.30. The number of rotatable bonds is 3. The van der Waals surface area contributed by atoms with Gasteiger partial charge in [0.1, 0.15) is 0 Å². The molecular formula is C11H15BrN2O2S. The first-order valence-electron chi connectivity index (χ1n) is 5.46. The molecule has 1 saturated carbocycles. The Morgan fingerprint density at radius 1 is 1.41 bits per heavy atom. The van der Waals surface area contributed by atoms with E-state index < -0.39 is 10.0 Å². The molecule has 1 aromatic carbocycles. The smallest absolute Gasteiger partial charge is 0.242 e. The molecule has 0 radical (unpaired) electrons. The molecule has 0 aromatic heterocycles. The number of nitrogens with one attached hydrogen (secondary N) is 1.